The van der Waals surface area contributed by atoms with E-state index in [2.05, 4.69) is 10.1 Å². The van der Waals surface area contributed by atoms with E-state index >= 15 is 0 Å². The highest BCUT2D eigenvalue weighted by molar-refractivity contribution is 5.69. The number of rotatable bonds is 3. The molecular weight excluding hydrogens is 372 g/mol. The molecule has 2 bridgehead atoms. The summed E-state index contributed by atoms with van der Waals surface area (Å²) in [6, 6.07) is 10.8. The van der Waals surface area contributed by atoms with Crippen LogP contribution in [0.5, 0.6) is 0 Å². The van der Waals surface area contributed by atoms with E-state index in [-0.39, 0.29) is 24.8 Å². The van der Waals surface area contributed by atoms with Crippen molar-refractivity contribution in [2.45, 2.75) is 37.1 Å². The Hall–Kier alpha value is -2.97. The zero-order chi connectivity index (χ0) is 19.8. The van der Waals surface area contributed by atoms with Crippen LogP contribution in [0.25, 0.3) is 5.65 Å². The Kier molecular flexibility index (Phi) is 4.44. The molecule has 0 spiro atoms. The van der Waals surface area contributed by atoms with Crippen molar-refractivity contribution in [3.8, 4) is 0 Å². The lowest BCUT2D eigenvalue weighted by Gasteiger charge is -2.50. The number of amides is 1. The Labute approximate surface area is 167 Å². The zero-order valence-electron chi connectivity index (χ0n) is 15.8. The standard InChI is InChI=1S/C21H22N4O4/c26-20(29-12-15-5-2-1-3-6-15)25-16-9-21(27,10-17(25)14-28-13-16)18-11-23-24-8-4-7-22-19(18)24/h1-8,11,16-17,27H,9-10,12-14H2. The number of aromatic nitrogens is 3. The quantitative estimate of drug-likeness (QED) is 0.732. The fourth-order valence-electron chi connectivity index (χ4n) is 4.44. The molecule has 1 amide bonds. The van der Waals surface area contributed by atoms with Crippen LogP contribution < -0.4 is 0 Å². The zero-order valence-corrected chi connectivity index (χ0v) is 15.8. The molecule has 2 atom stereocenters. The number of hydrogen-bond donors (Lipinski definition) is 1. The number of hydrogen-bond acceptors (Lipinski definition) is 6. The van der Waals surface area contributed by atoms with E-state index in [0.717, 1.165) is 5.56 Å². The van der Waals surface area contributed by atoms with E-state index in [1.54, 1.807) is 34.1 Å². The van der Waals surface area contributed by atoms with Crippen LogP contribution in [0.4, 0.5) is 4.79 Å². The van der Waals surface area contributed by atoms with E-state index in [1.807, 2.05) is 30.3 Å². The predicted octanol–water partition coefficient (Wildman–Crippen LogP) is 2.12. The minimum atomic E-state index is -1.12. The number of benzene rings is 1. The SMILES string of the molecule is O=C(OCc1ccccc1)N1C2COCC1CC(O)(c1cnn3cccnc13)C2. The molecule has 3 aromatic rings. The topological polar surface area (TPSA) is 89.2 Å². The summed E-state index contributed by atoms with van der Waals surface area (Å²) in [7, 11) is 0. The molecular formula is C21H22N4O4. The molecule has 2 fully saturated rings. The van der Waals surface area contributed by atoms with E-state index in [9.17, 15) is 9.90 Å². The number of nitrogens with zero attached hydrogens (tertiary/aromatic N) is 4. The average molecular weight is 394 g/mol. The third-order valence-electron chi connectivity index (χ3n) is 5.75. The monoisotopic (exact) mass is 394 g/mol. The van der Waals surface area contributed by atoms with Crippen molar-refractivity contribution in [1.82, 2.24) is 19.5 Å². The molecule has 2 aliphatic heterocycles. The van der Waals surface area contributed by atoms with Gasteiger partial charge in [0.05, 0.1) is 37.1 Å². The molecule has 150 valence electrons. The summed E-state index contributed by atoms with van der Waals surface area (Å²) in [6.07, 6.45) is 5.48. The maximum atomic E-state index is 12.8. The first-order chi connectivity index (χ1) is 14.1. The summed E-state index contributed by atoms with van der Waals surface area (Å²) in [5, 5.41) is 15.8. The van der Waals surface area contributed by atoms with Crippen molar-refractivity contribution in [3.63, 3.8) is 0 Å². The van der Waals surface area contributed by atoms with Gasteiger partial charge in [-0.1, -0.05) is 30.3 Å². The Morgan fingerprint density at radius 2 is 1.97 bits per heavy atom. The van der Waals surface area contributed by atoms with Gasteiger partial charge >= 0.3 is 6.09 Å². The lowest BCUT2D eigenvalue weighted by atomic mass is 9.78. The van der Waals surface area contributed by atoms with Gasteiger partial charge in [0.15, 0.2) is 5.65 Å². The molecule has 5 rings (SSSR count). The van der Waals surface area contributed by atoms with E-state index < -0.39 is 5.60 Å². The lowest BCUT2D eigenvalue weighted by Crippen LogP contribution is -2.62. The van der Waals surface area contributed by atoms with Gasteiger partial charge < -0.3 is 14.6 Å². The summed E-state index contributed by atoms with van der Waals surface area (Å²) >= 11 is 0. The highest BCUT2D eigenvalue weighted by Gasteiger charge is 2.50. The molecule has 2 saturated heterocycles. The maximum Gasteiger partial charge on any atom is 0.410 e. The number of aliphatic hydroxyl groups is 1. The highest BCUT2D eigenvalue weighted by atomic mass is 16.6. The third-order valence-corrected chi connectivity index (χ3v) is 5.75. The Balaban J connectivity index is 1.36. The van der Waals surface area contributed by atoms with Gasteiger partial charge in [-0.25, -0.2) is 14.3 Å². The van der Waals surface area contributed by atoms with Gasteiger partial charge in [0.25, 0.3) is 0 Å². The Morgan fingerprint density at radius 3 is 2.72 bits per heavy atom. The average Bonchev–Trinajstić information content (AvgIpc) is 3.17. The van der Waals surface area contributed by atoms with Crippen molar-refractivity contribution in [2.75, 3.05) is 13.2 Å². The van der Waals surface area contributed by atoms with E-state index in [1.165, 1.54) is 0 Å². The first-order valence-corrected chi connectivity index (χ1v) is 9.72. The first-order valence-electron chi connectivity index (χ1n) is 9.72. The van der Waals surface area contributed by atoms with Gasteiger partial charge in [0.2, 0.25) is 0 Å². The molecule has 2 unspecified atom stereocenters. The number of ether oxygens (including phenoxy) is 2. The molecule has 2 aliphatic rings. The summed E-state index contributed by atoms with van der Waals surface area (Å²) < 4.78 is 12.9. The number of carbonyl (C=O) groups excluding carboxylic acids is 1. The number of fused-ring (bicyclic) bond motifs is 3. The molecule has 4 heterocycles. The number of piperidine rings is 1. The van der Waals surface area contributed by atoms with Gasteiger partial charge in [-0.05, 0) is 11.6 Å². The largest absolute Gasteiger partial charge is 0.445 e. The molecule has 8 nitrogen and oxygen atoms in total. The second-order valence-corrected chi connectivity index (χ2v) is 7.68. The van der Waals surface area contributed by atoms with Crippen LogP contribution in [0.3, 0.4) is 0 Å². The molecule has 2 aromatic heterocycles. The van der Waals surface area contributed by atoms with Crippen LogP contribution in [-0.2, 0) is 21.7 Å². The van der Waals surface area contributed by atoms with Gasteiger partial charge in [-0.2, -0.15) is 5.10 Å². The van der Waals surface area contributed by atoms with Crippen molar-refractivity contribution in [3.05, 3.63) is 66.1 Å². The molecule has 0 saturated carbocycles. The molecule has 29 heavy (non-hydrogen) atoms. The van der Waals surface area contributed by atoms with Gasteiger partial charge in [0, 0.05) is 30.8 Å². The van der Waals surface area contributed by atoms with Crippen molar-refractivity contribution >= 4 is 11.7 Å². The van der Waals surface area contributed by atoms with Crippen LogP contribution in [0.1, 0.15) is 24.0 Å². The molecule has 0 aliphatic carbocycles. The fourth-order valence-corrected chi connectivity index (χ4v) is 4.44. The Morgan fingerprint density at radius 1 is 1.21 bits per heavy atom. The van der Waals surface area contributed by atoms with E-state index in [4.69, 9.17) is 9.47 Å². The third kappa shape index (κ3) is 3.24. The summed E-state index contributed by atoms with van der Waals surface area (Å²) in [4.78, 5) is 18.9. The van der Waals surface area contributed by atoms with Crippen molar-refractivity contribution in [1.29, 1.82) is 0 Å². The number of carbonyl (C=O) groups is 1. The van der Waals surface area contributed by atoms with E-state index in [0.29, 0.717) is 37.3 Å². The minimum Gasteiger partial charge on any atom is -0.445 e. The second-order valence-electron chi connectivity index (χ2n) is 7.68. The smallest absolute Gasteiger partial charge is 0.410 e. The van der Waals surface area contributed by atoms with Crippen LogP contribution >= 0.6 is 0 Å². The van der Waals surface area contributed by atoms with Crippen molar-refractivity contribution < 1.29 is 19.4 Å². The molecule has 1 aromatic carbocycles. The Bertz CT molecular complexity index is 1010. The summed E-state index contributed by atoms with van der Waals surface area (Å²) in [6.45, 7) is 0.955. The fraction of sp³-hybridized carbons (Fsp3) is 0.381. The summed E-state index contributed by atoms with van der Waals surface area (Å²) in [5.74, 6) is 0. The second kappa shape index (κ2) is 7.13. The van der Waals surface area contributed by atoms with Gasteiger partial charge in [-0.15, -0.1) is 0 Å². The predicted molar refractivity (Wildman–Crippen MR) is 103 cm³/mol. The molecule has 8 heteroatoms. The highest BCUT2D eigenvalue weighted by Crippen LogP contribution is 2.42. The van der Waals surface area contributed by atoms with Crippen LogP contribution in [0, 0.1) is 0 Å². The number of morpholine rings is 1. The summed E-state index contributed by atoms with van der Waals surface area (Å²) in [5.41, 5.74) is 1.14. The maximum absolute atomic E-state index is 12.8. The van der Waals surface area contributed by atoms with Gasteiger partial charge in [-0.3, -0.25) is 4.90 Å². The van der Waals surface area contributed by atoms with Crippen LogP contribution in [0.15, 0.2) is 55.0 Å². The normalized spacial score (nSPS) is 26.4. The van der Waals surface area contributed by atoms with Crippen LogP contribution in [0.2, 0.25) is 0 Å². The lowest BCUT2D eigenvalue weighted by molar-refractivity contribution is -0.136. The minimum absolute atomic E-state index is 0.221. The van der Waals surface area contributed by atoms with Gasteiger partial charge in [0.1, 0.15) is 6.61 Å². The molecule has 0 radical (unpaired) electrons. The molecule has 1 N–H and O–H groups in total. The van der Waals surface area contributed by atoms with Crippen molar-refractivity contribution in [2.24, 2.45) is 0 Å². The first kappa shape index (κ1) is 18.1. The van der Waals surface area contributed by atoms with Crippen LogP contribution in [-0.4, -0.2) is 56.0 Å².